The predicted molar refractivity (Wildman–Crippen MR) is 140 cm³/mol. The first-order chi connectivity index (χ1) is 18.0. The van der Waals surface area contributed by atoms with E-state index < -0.39 is 29.7 Å². The van der Waals surface area contributed by atoms with Gasteiger partial charge in [0, 0.05) is 27.4 Å². The molecule has 11 heteroatoms. The third-order valence-corrected chi connectivity index (χ3v) is 7.90. The minimum absolute atomic E-state index is 0.482. The van der Waals surface area contributed by atoms with Crippen molar-refractivity contribution in [2.45, 2.75) is 39.9 Å². The van der Waals surface area contributed by atoms with Crippen molar-refractivity contribution in [2.24, 2.45) is 10.9 Å². The number of aliphatic imine (C=N–C) groups is 1. The highest BCUT2D eigenvalue weighted by Crippen LogP contribution is 2.40. The third-order valence-electron chi connectivity index (χ3n) is 6.71. The van der Waals surface area contributed by atoms with E-state index >= 15 is 0 Å². The normalized spacial score (nSPS) is 15.8. The Morgan fingerprint density at radius 1 is 1.03 bits per heavy atom. The topological polar surface area (TPSA) is 92.4 Å². The maximum Gasteiger partial charge on any atom is 0.416 e. The molecule has 1 unspecified atom stereocenters. The lowest BCUT2D eigenvalue weighted by Crippen LogP contribution is -2.21. The number of hydrogen-bond acceptors (Lipinski definition) is 6. The number of halogens is 3. The van der Waals surface area contributed by atoms with Crippen LogP contribution >= 0.6 is 11.3 Å². The Labute approximate surface area is 220 Å². The van der Waals surface area contributed by atoms with Gasteiger partial charge in [0.25, 0.3) is 0 Å². The molecule has 7 nitrogen and oxygen atoms in total. The lowest BCUT2D eigenvalue weighted by Gasteiger charge is -2.16. The maximum atomic E-state index is 12.9. The van der Waals surface area contributed by atoms with Crippen LogP contribution in [0.3, 0.4) is 0 Å². The summed E-state index contributed by atoms with van der Waals surface area (Å²) in [5.74, 6) is -0.698. The van der Waals surface area contributed by atoms with E-state index in [1.165, 1.54) is 12.1 Å². The van der Waals surface area contributed by atoms with Crippen molar-refractivity contribution in [2.75, 3.05) is 5.32 Å². The van der Waals surface area contributed by atoms with Crippen molar-refractivity contribution in [1.82, 2.24) is 14.8 Å². The molecule has 2 aromatic carbocycles. The highest BCUT2D eigenvalue weighted by Gasteiger charge is 2.36. The third kappa shape index (κ3) is 4.47. The molecular weight excluding hydrogens is 515 g/mol. The molecule has 2 N–H and O–H groups in total. The fraction of sp³-hybridized carbons (Fsp3) is 0.259. The quantitative estimate of drug-likeness (QED) is 0.297. The van der Waals surface area contributed by atoms with E-state index in [-0.39, 0.29) is 0 Å². The van der Waals surface area contributed by atoms with E-state index in [1.54, 1.807) is 18.3 Å². The van der Waals surface area contributed by atoms with Crippen molar-refractivity contribution in [3.63, 3.8) is 0 Å². The van der Waals surface area contributed by atoms with E-state index in [4.69, 9.17) is 4.99 Å². The number of rotatable bonds is 5. The molecule has 196 valence electrons. The van der Waals surface area contributed by atoms with Gasteiger partial charge in [-0.3, -0.25) is 14.4 Å². The number of hydrogen-bond donors (Lipinski definition) is 2. The van der Waals surface area contributed by atoms with Gasteiger partial charge >= 0.3 is 12.1 Å². The van der Waals surface area contributed by atoms with Crippen LogP contribution in [0.4, 0.5) is 24.5 Å². The first kappa shape index (κ1) is 25.7. The van der Waals surface area contributed by atoms with Crippen molar-refractivity contribution < 1.29 is 23.1 Å². The molecule has 1 aliphatic heterocycles. The number of fused-ring (bicyclic) bond motifs is 3. The van der Waals surface area contributed by atoms with E-state index in [1.807, 2.05) is 49.6 Å². The number of nitrogens with zero attached hydrogens (tertiary/aromatic N) is 4. The average molecular weight is 540 g/mol. The maximum absolute atomic E-state index is 12.9. The second-order valence-corrected chi connectivity index (χ2v) is 10.4. The van der Waals surface area contributed by atoms with Gasteiger partial charge in [-0.2, -0.15) is 13.2 Å². The number of carbonyl (C=O) groups is 1. The van der Waals surface area contributed by atoms with Crippen LogP contribution < -0.4 is 5.32 Å². The fourth-order valence-electron chi connectivity index (χ4n) is 4.44. The highest BCUT2D eigenvalue weighted by molar-refractivity contribution is 7.15. The van der Waals surface area contributed by atoms with Gasteiger partial charge in [-0.05, 0) is 69.7 Å². The van der Waals surface area contributed by atoms with Crippen molar-refractivity contribution in [1.29, 1.82) is 0 Å². The number of carboxylic acid groups (broad SMARTS) is 1. The second kappa shape index (κ2) is 9.39. The summed E-state index contributed by atoms with van der Waals surface area (Å²) in [6, 6.07) is 11.4. The summed E-state index contributed by atoms with van der Waals surface area (Å²) in [4.78, 5) is 18.1. The number of aryl methyl sites for hydroxylation is 2. The van der Waals surface area contributed by atoms with Gasteiger partial charge in [0.1, 0.15) is 16.9 Å². The minimum Gasteiger partial charge on any atom is -0.481 e. The Hall–Kier alpha value is -3.99. The lowest BCUT2D eigenvalue weighted by molar-refractivity contribution is -0.142. The molecule has 4 aromatic rings. The van der Waals surface area contributed by atoms with Crippen LogP contribution in [0.2, 0.25) is 0 Å². The van der Waals surface area contributed by atoms with Crippen LogP contribution in [0.1, 0.15) is 51.7 Å². The zero-order valence-electron chi connectivity index (χ0n) is 21.0. The zero-order valence-corrected chi connectivity index (χ0v) is 21.8. The Morgan fingerprint density at radius 3 is 2.21 bits per heavy atom. The van der Waals surface area contributed by atoms with Gasteiger partial charge in [0.15, 0.2) is 5.82 Å². The Morgan fingerprint density at radius 2 is 1.63 bits per heavy atom. The molecular formula is C27H24F3N5O2S. The largest absolute Gasteiger partial charge is 0.481 e. The summed E-state index contributed by atoms with van der Waals surface area (Å²) >= 11 is 1.58. The molecule has 3 heterocycles. The summed E-state index contributed by atoms with van der Waals surface area (Å²) in [6.07, 6.45) is -4.39. The summed E-state index contributed by atoms with van der Waals surface area (Å²) < 4.78 is 40.5. The van der Waals surface area contributed by atoms with E-state index in [2.05, 4.69) is 15.5 Å². The zero-order chi connectivity index (χ0) is 27.4. The standard InChI is InChI=1S/C27H24F3N5O2S/c1-13-15(3)38-25-21(13)23(32-22(14(2)26(36)37)24-34-33-16(4)35(24)25)17-5-9-19(10-6-17)31-20-11-7-18(8-12-20)27(28,29)30/h5-12,14,22,31H,1-4H3,(H,36,37)/t14-,22?/m0/s1. The molecule has 2 atom stereocenters. The van der Waals surface area contributed by atoms with Gasteiger partial charge in [-0.15, -0.1) is 21.5 Å². The number of alkyl halides is 3. The van der Waals surface area contributed by atoms with Gasteiger partial charge in [0.2, 0.25) is 0 Å². The molecule has 0 fully saturated rings. The summed E-state index contributed by atoms with van der Waals surface area (Å²) in [5, 5.41) is 22.4. The number of carboxylic acids is 1. The van der Waals surface area contributed by atoms with Gasteiger partial charge in [-0.1, -0.05) is 12.1 Å². The first-order valence-electron chi connectivity index (χ1n) is 11.8. The molecule has 5 rings (SSSR count). The van der Waals surface area contributed by atoms with E-state index in [9.17, 15) is 23.1 Å². The highest BCUT2D eigenvalue weighted by atomic mass is 32.1. The Kier molecular flexibility index (Phi) is 6.34. The molecule has 0 saturated heterocycles. The van der Waals surface area contributed by atoms with Crippen LogP contribution in [-0.4, -0.2) is 31.6 Å². The molecule has 0 saturated carbocycles. The molecule has 2 aromatic heterocycles. The van der Waals surface area contributed by atoms with Crippen LogP contribution in [0.15, 0.2) is 53.5 Å². The number of benzene rings is 2. The smallest absolute Gasteiger partial charge is 0.416 e. The van der Waals surface area contributed by atoms with Gasteiger partial charge < -0.3 is 10.4 Å². The van der Waals surface area contributed by atoms with E-state index in [0.717, 1.165) is 38.7 Å². The summed E-state index contributed by atoms with van der Waals surface area (Å²) in [6.45, 7) is 7.48. The summed E-state index contributed by atoms with van der Waals surface area (Å²) in [7, 11) is 0. The molecule has 1 aliphatic rings. The van der Waals surface area contributed by atoms with Crippen LogP contribution in [-0.2, 0) is 11.0 Å². The van der Waals surface area contributed by atoms with Crippen LogP contribution in [0.5, 0.6) is 0 Å². The molecule has 0 radical (unpaired) electrons. The van der Waals surface area contributed by atoms with Gasteiger partial charge in [-0.25, -0.2) is 0 Å². The Bertz CT molecular complexity index is 1550. The summed E-state index contributed by atoms with van der Waals surface area (Å²) in [5.41, 5.74) is 3.88. The Balaban J connectivity index is 1.56. The lowest BCUT2D eigenvalue weighted by atomic mass is 9.98. The first-order valence-corrected chi connectivity index (χ1v) is 12.7. The van der Waals surface area contributed by atoms with Gasteiger partial charge in [0.05, 0.1) is 17.2 Å². The predicted octanol–water partition coefficient (Wildman–Crippen LogP) is 6.63. The van der Waals surface area contributed by atoms with Crippen molar-refractivity contribution in [3.05, 3.63) is 87.3 Å². The van der Waals surface area contributed by atoms with Crippen molar-refractivity contribution >= 4 is 34.4 Å². The average Bonchev–Trinajstić information content (AvgIpc) is 3.33. The number of aromatic nitrogens is 3. The number of thiophene rings is 1. The fourth-order valence-corrected chi connectivity index (χ4v) is 5.65. The molecule has 0 aliphatic carbocycles. The number of aliphatic carboxylic acids is 1. The molecule has 0 amide bonds. The van der Waals surface area contributed by atoms with Crippen LogP contribution in [0.25, 0.3) is 5.00 Å². The molecule has 38 heavy (non-hydrogen) atoms. The molecule has 0 spiro atoms. The monoisotopic (exact) mass is 539 g/mol. The minimum atomic E-state index is -4.39. The van der Waals surface area contributed by atoms with Crippen LogP contribution in [0, 0.1) is 26.7 Å². The second-order valence-electron chi connectivity index (χ2n) is 9.23. The number of nitrogens with one attached hydrogen (secondary N) is 1. The van der Waals surface area contributed by atoms with Crippen molar-refractivity contribution in [3.8, 4) is 5.00 Å². The van der Waals surface area contributed by atoms with E-state index in [0.29, 0.717) is 28.7 Å². The number of anilines is 2. The SMILES string of the molecule is Cc1sc2c(c1C)C(c1ccc(Nc3ccc(C(F)(F)F)cc3)cc1)=NC([C@H](C)C(=O)O)c1nnc(C)n1-2. The molecule has 0 bridgehead atoms.